The first-order chi connectivity index (χ1) is 8.52. The van der Waals surface area contributed by atoms with E-state index >= 15 is 0 Å². The van der Waals surface area contributed by atoms with E-state index in [1.165, 1.54) is 0 Å². The molecule has 0 fully saturated rings. The van der Waals surface area contributed by atoms with Crippen molar-refractivity contribution in [3.8, 4) is 11.6 Å². The van der Waals surface area contributed by atoms with Crippen LogP contribution in [-0.2, 0) is 12.9 Å². The quantitative estimate of drug-likeness (QED) is 0.752. The number of halogens is 3. The molecule has 3 nitrogen and oxygen atoms in total. The molecule has 0 N–H and O–H groups in total. The smallest absolute Gasteiger partial charge is 0.222 e. The molecule has 6 heteroatoms. The van der Waals surface area contributed by atoms with E-state index in [2.05, 4.69) is 21.0 Å². The van der Waals surface area contributed by atoms with Gasteiger partial charge in [-0.1, -0.05) is 11.6 Å². The first-order valence-corrected chi connectivity index (χ1v) is 6.94. The topological polar surface area (TPSA) is 27.1 Å². The van der Waals surface area contributed by atoms with Crippen molar-refractivity contribution < 1.29 is 4.74 Å². The van der Waals surface area contributed by atoms with E-state index in [4.69, 9.17) is 27.9 Å². The molecule has 0 aliphatic rings. The number of benzene rings is 1. The Kier molecular flexibility index (Phi) is 4.20. The Morgan fingerprint density at radius 2 is 2.17 bits per heavy atom. The molecule has 1 aromatic heterocycles. The fourth-order valence-electron chi connectivity index (χ4n) is 1.62. The minimum Gasteiger partial charge on any atom is -0.438 e. The molecular formula is C12H11BrCl2N2O. The van der Waals surface area contributed by atoms with Gasteiger partial charge in [0, 0.05) is 12.1 Å². The summed E-state index contributed by atoms with van der Waals surface area (Å²) < 4.78 is 8.31. The molecule has 0 radical (unpaired) electrons. The van der Waals surface area contributed by atoms with Crippen LogP contribution in [-0.4, -0.2) is 9.78 Å². The summed E-state index contributed by atoms with van der Waals surface area (Å²) in [6, 6.07) is 5.35. The van der Waals surface area contributed by atoms with E-state index in [-0.39, 0.29) is 0 Å². The minimum atomic E-state index is 0.361. The van der Waals surface area contributed by atoms with Crippen LogP contribution < -0.4 is 4.74 Å². The lowest BCUT2D eigenvalue weighted by molar-refractivity contribution is 0.425. The standard InChI is InChI=1S/C12H11BrCl2N2O/c1-7-9(6-14)12(17(2)16-7)18-11-4-3-8(15)5-10(11)13/h3-5H,6H2,1-2H3. The van der Waals surface area contributed by atoms with Gasteiger partial charge in [0.25, 0.3) is 0 Å². The van der Waals surface area contributed by atoms with Crippen molar-refractivity contribution in [2.24, 2.45) is 7.05 Å². The summed E-state index contributed by atoms with van der Waals surface area (Å²) in [7, 11) is 1.82. The Morgan fingerprint density at radius 3 is 2.78 bits per heavy atom. The van der Waals surface area contributed by atoms with Crippen LogP contribution in [0.1, 0.15) is 11.3 Å². The van der Waals surface area contributed by atoms with Crippen molar-refractivity contribution in [1.29, 1.82) is 0 Å². The molecule has 1 heterocycles. The molecule has 1 aromatic carbocycles. The first kappa shape index (κ1) is 13.7. The van der Waals surface area contributed by atoms with Crippen molar-refractivity contribution >= 4 is 39.1 Å². The fraction of sp³-hybridized carbons (Fsp3) is 0.250. The van der Waals surface area contributed by atoms with Gasteiger partial charge in [0.1, 0.15) is 5.75 Å². The van der Waals surface area contributed by atoms with E-state index in [0.29, 0.717) is 22.5 Å². The van der Waals surface area contributed by atoms with Crippen molar-refractivity contribution in [2.45, 2.75) is 12.8 Å². The Labute approximate surface area is 124 Å². The number of ether oxygens (including phenoxy) is 1. The second-order valence-electron chi connectivity index (χ2n) is 3.80. The highest BCUT2D eigenvalue weighted by Gasteiger charge is 2.15. The Balaban J connectivity index is 2.39. The van der Waals surface area contributed by atoms with Gasteiger partial charge < -0.3 is 4.74 Å². The third kappa shape index (κ3) is 2.66. The maximum atomic E-state index is 5.92. The lowest BCUT2D eigenvalue weighted by Crippen LogP contribution is -1.97. The van der Waals surface area contributed by atoms with Crippen LogP contribution in [0.2, 0.25) is 5.02 Å². The summed E-state index contributed by atoms with van der Waals surface area (Å²) in [5.41, 5.74) is 1.76. The van der Waals surface area contributed by atoms with Gasteiger partial charge in [0.15, 0.2) is 0 Å². The molecule has 0 saturated carbocycles. The summed E-state index contributed by atoms with van der Waals surface area (Å²) in [5, 5.41) is 4.94. The normalized spacial score (nSPS) is 10.7. The van der Waals surface area contributed by atoms with Crippen LogP contribution in [0.4, 0.5) is 0 Å². The molecule has 0 amide bonds. The predicted molar refractivity (Wildman–Crippen MR) is 76.7 cm³/mol. The van der Waals surface area contributed by atoms with Crippen LogP contribution in [0.3, 0.4) is 0 Å². The summed E-state index contributed by atoms with van der Waals surface area (Å²) in [6.07, 6.45) is 0. The van der Waals surface area contributed by atoms with E-state index in [0.717, 1.165) is 15.7 Å². The monoisotopic (exact) mass is 348 g/mol. The number of aromatic nitrogens is 2. The van der Waals surface area contributed by atoms with Crippen LogP contribution in [0.15, 0.2) is 22.7 Å². The highest BCUT2D eigenvalue weighted by Crippen LogP contribution is 2.34. The van der Waals surface area contributed by atoms with Gasteiger partial charge in [-0.3, -0.25) is 0 Å². The zero-order valence-electron chi connectivity index (χ0n) is 9.88. The molecule has 0 atom stereocenters. The molecule has 0 unspecified atom stereocenters. The molecule has 0 saturated heterocycles. The summed E-state index contributed by atoms with van der Waals surface area (Å²) in [6.45, 7) is 1.90. The molecule has 18 heavy (non-hydrogen) atoms. The molecule has 96 valence electrons. The van der Waals surface area contributed by atoms with E-state index < -0.39 is 0 Å². The van der Waals surface area contributed by atoms with Crippen LogP contribution in [0.25, 0.3) is 0 Å². The summed E-state index contributed by atoms with van der Waals surface area (Å²) >= 11 is 15.2. The maximum absolute atomic E-state index is 5.92. The van der Waals surface area contributed by atoms with Gasteiger partial charge in [0.2, 0.25) is 5.88 Å². The van der Waals surface area contributed by atoms with Gasteiger partial charge in [-0.2, -0.15) is 5.10 Å². The van der Waals surface area contributed by atoms with Crippen LogP contribution in [0.5, 0.6) is 11.6 Å². The fourth-order valence-corrected chi connectivity index (χ4v) is 2.70. The van der Waals surface area contributed by atoms with E-state index in [1.807, 2.05) is 14.0 Å². The van der Waals surface area contributed by atoms with Crippen LogP contribution >= 0.6 is 39.1 Å². The lowest BCUT2D eigenvalue weighted by atomic mass is 10.3. The largest absolute Gasteiger partial charge is 0.438 e. The highest BCUT2D eigenvalue weighted by molar-refractivity contribution is 9.10. The van der Waals surface area contributed by atoms with Gasteiger partial charge in [-0.05, 0) is 41.1 Å². The summed E-state index contributed by atoms with van der Waals surface area (Å²) in [5.74, 6) is 1.68. The molecule has 2 aromatic rings. The maximum Gasteiger partial charge on any atom is 0.222 e. The van der Waals surface area contributed by atoms with Crippen LogP contribution in [0, 0.1) is 6.92 Å². The van der Waals surface area contributed by atoms with Gasteiger partial charge in [-0.25, -0.2) is 4.68 Å². The molecule has 0 aliphatic heterocycles. The number of hydrogen-bond acceptors (Lipinski definition) is 2. The van der Waals surface area contributed by atoms with Crippen molar-refractivity contribution in [3.63, 3.8) is 0 Å². The molecule has 0 spiro atoms. The molecule has 2 rings (SSSR count). The molecular weight excluding hydrogens is 339 g/mol. The van der Waals surface area contributed by atoms with Crippen molar-refractivity contribution in [2.75, 3.05) is 0 Å². The number of rotatable bonds is 3. The lowest BCUT2D eigenvalue weighted by Gasteiger charge is -2.09. The number of nitrogens with zero attached hydrogens (tertiary/aromatic N) is 2. The van der Waals surface area contributed by atoms with Gasteiger partial charge >= 0.3 is 0 Å². The summed E-state index contributed by atoms with van der Waals surface area (Å²) in [4.78, 5) is 0. The van der Waals surface area contributed by atoms with Gasteiger partial charge in [0.05, 0.1) is 21.6 Å². The zero-order chi connectivity index (χ0) is 13.3. The highest BCUT2D eigenvalue weighted by atomic mass is 79.9. The first-order valence-electron chi connectivity index (χ1n) is 5.24. The Hall–Kier alpha value is -0.710. The average molecular weight is 350 g/mol. The average Bonchev–Trinajstić information content (AvgIpc) is 2.57. The number of aryl methyl sites for hydroxylation is 2. The SMILES string of the molecule is Cc1nn(C)c(Oc2ccc(Cl)cc2Br)c1CCl. The van der Waals surface area contributed by atoms with Crippen molar-refractivity contribution in [1.82, 2.24) is 9.78 Å². The second kappa shape index (κ2) is 5.51. The second-order valence-corrected chi connectivity index (χ2v) is 5.36. The molecule has 0 bridgehead atoms. The van der Waals surface area contributed by atoms with Gasteiger partial charge in [-0.15, -0.1) is 11.6 Å². The number of hydrogen-bond donors (Lipinski definition) is 0. The minimum absolute atomic E-state index is 0.361. The van der Waals surface area contributed by atoms with E-state index in [1.54, 1.807) is 22.9 Å². The third-order valence-electron chi connectivity index (χ3n) is 2.52. The third-order valence-corrected chi connectivity index (χ3v) is 3.65. The van der Waals surface area contributed by atoms with Crippen molar-refractivity contribution in [3.05, 3.63) is 39.0 Å². The predicted octanol–water partition coefficient (Wildman–Crippen LogP) is 4.68. The zero-order valence-corrected chi connectivity index (χ0v) is 13.0. The van der Waals surface area contributed by atoms with E-state index in [9.17, 15) is 0 Å². The number of alkyl halides is 1. The molecule has 0 aliphatic carbocycles. The Morgan fingerprint density at radius 1 is 1.44 bits per heavy atom. The Bertz CT molecular complexity index is 584.